The van der Waals surface area contributed by atoms with Crippen LogP contribution in [0.1, 0.15) is 168 Å². The minimum Gasteiger partial charge on any atom is -0.394 e. The Hall–Kier alpha value is -0.120. The highest BCUT2D eigenvalue weighted by Gasteiger charge is 2.12. The van der Waals surface area contributed by atoms with Gasteiger partial charge in [0, 0.05) is 0 Å². The molecule has 0 bridgehead atoms. The van der Waals surface area contributed by atoms with Crippen molar-refractivity contribution in [3.63, 3.8) is 0 Å². The lowest BCUT2D eigenvalue weighted by atomic mass is 10.0. The summed E-state index contributed by atoms with van der Waals surface area (Å²) in [5, 5.41) is 18.7. The third-order valence-corrected chi connectivity index (χ3v) is 6.99. The van der Waals surface area contributed by atoms with Gasteiger partial charge in [0.05, 0.1) is 19.3 Å². The molecule has 0 aromatic carbocycles. The summed E-state index contributed by atoms with van der Waals surface area (Å²) in [5.41, 5.74) is 0. The summed E-state index contributed by atoms with van der Waals surface area (Å²) in [6.45, 7) is 4.63. The van der Waals surface area contributed by atoms with Crippen molar-refractivity contribution in [2.45, 2.75) is 180 Å². The van der Waals surface area contributed by atoms with Crippen molar-refractivity contribution in [3.8, 4) is 0 Å². The Labute approximate surface area is 208 Å². The molecule has 3 heteroatoms. The van der Waals surface area contributed by atoms with Crippen LogP contribution in [0.25, 0.3) is 0 Å². The Kier molecular flexibility index (Phi) is 28.0. The molecule has 33 heavy (non-hydrogen) atoms. The molecule has 0 aliphatic rings. The highest BCUT2D eigenvalue weighted by Crippen LogP contribution is 2.18. The van der Waals surface area contributed by atoms with Crippen molar-refractivity contribution in [3.05, 3.63) is 0 Å². The lowest BCUT2D eigenvalue weighted by molar-refractivity contribution is -0.0350. The van der Waals surface area contributed by atoms with Gasteiger partial charge in [0.15, 0.2) is 0 Å². The zero-order valence-electron chi connectivity index (χ0n) is 22.8. The first-order valence-corrected chi connectivity index (χ1v) is 15.1. The van der Waals surface area contributed by atoms with Gasteiger partial charge in [-0.25, -0.2) is 0 Å². The predicted molar refractivity (Wildman–Crippen MR) is 145 cm³/mol. The third kappa shape index (κ3) is 26.3. The van der Waals surface area contributed by atoms with E-state index in [1.165, 1.54) is 141 Å². The van der Waals surface area contributed by atoms with Crippen LogP contribution in [0.4, 0.5) is 0 Å². The van der Waals surface area contributed by atoms with E-state index < -0.39 is 6.10 Å². The van der Waals surface area contributed by atoms with Gasteiger partial charge in [0.2, 0.25) is 0 Å². The van der Waals surface area contributed by atoms with Crippen LogP contribution in [0.5, 0.6) is 0 Å². The van der Waals surface area contributed by atoms with E-state index in [2.05, 4.69) is 13.8 Å². The average Bonchev–Trinajstić information content (AvgIpc) is 2.83. The van der Waals surface area contributed by atoms with Gasteiger partial charge >= 0.3 is 0 Å². The van der Waals surface area contributed by atoms with Crippen LogP contribution < -0.4 is 0 Å². The van der Waals surface area contributed by atoms with Crippen molar-refractivity contribution in [2.75, 3.05) is 13.2 Å². The van der Waals surface area contributed by atoms with E-state index in [-0.39, 0.29) is 19.3 Å². The van der Waals surface area contributed by atoms with Gasteiger partial charge in [-0.15, -0.1) is 0 Å². The highest BCUT2D eigenvalue weighted by molar-refractivity contribution is 4.62. The lowest BCUT2D eigenvalue weighted by Crippen LogP contribution is -2.24. The molecule has 1 unspecified atom stereocenters. The Morgan fingerprint density at radius 1 is 0.485 bits per heavy atom. The van der Waals surface area contributed by atoms with E-state index >= 15 is 0 Å². The lowest BCUT2D eigenvalue weighted by Gasteiger charge is -2.19. The molecule has 0 aromatic rings. The van der Waals surface area contributed by atoms with Crippen LogP contribution in [-0.4, -0.2) is 35.6 Å². The largest absolute Gasteiger partial charge is 0.394 e. The second-order valence-corrected chi connectivity index (χ2v) is 10.4. The second kappa shape index (κ2) is 28.1. The Bertz CT molecular complexity index is 321. The molecule has 0 saturated carbocycles. The van der Waals surface area contributed by atoms with Crippen LogP contribution in [0.15, 0.2) is 0 Å². The van der Waals surface area contributed by atoms with E-state index in [4.69, 9.17) is 9.84 Å². The van der Waals surface area contributed by atoms with Gasteiger partial charge < -0.3 is 14.9 Å². The number of hydrogen-bond donors (Lipinski definition) is 2. The molecule has 0 saturated heterocycles. The van der Waals surface area contributed by atoms with Crippen molar-refractivity contribution in [2.24, 2.45) is 0 Å². The first-order chi connectivity index (χ1) is 16.2. The van der Waals surface area contributed by atoms with E-state index in [0.717, 1.165) is 12.8 Å². The average molecular weight is 471 g/mol. The molecule has 0 radical (unpaired) electrons. The molecule has 0 fully saturated rings. The zero-order chi connectivity index (χ0) is 24.2. The molecule has 1 atom stereocenters. The number of ether oxygens (including phenoxy) is 1. The molecule has 0 aliphatic heterocycles. The molecule has 2 N–H and O–H groups in total. The van der Waals surface area contributed by atoms with Gasteiger partial charge in [0.25, 0.3) is 0 Å². The highest BCUT2D eigenvalue weighted by atomic mass is 16.5. The SMILES string of the molecule is CCCCCCCCCCCCCC(CCCCCCCCCCCCC)OCC(O)CO. The molecule has 0 rings (SSSR count). The first-order valence-electron chi connectivity index (χ1n) is 15.1. The minimum atomic E-state index is -0.734. The van der Waals surface area contributed by atoms with E-state index in [0.29, 0.717) is 0 Å². The minimum absolute atomic E-state index is 0.205. The molecule has 0 spiro atoms. The van der Waals surface area contributed by atoms with Gasteiger partial charge in [-0.3, -0.25) is 0 Å². The van der Waals surface area contributed by atoms with Gasteiger partial charge in [-0.2, -0.15) is 0 Å². The van der Waals surface area contributed by atoms with Gasteiger partial charge in [0.1, 0.15) is 6.10 Å². The topological polar surface area (TPSA) is 49.7 Å². The number of aliphatic hydroxyl groups excluding tert-OH is 2. The Balaban J connectivity index is 3.71. The van der Waals surface area contributed by atoms with E-state index in [9.17, 15) is 5.11 Å². The van der Waals surface area contributed by atoms with Crippen molar-refractivity contribution in [1.82, 2.24) is 0 Å². The van der Waals surface area contributed by atoms with E-state index in [1.54, 1.807) is 0 Å². The van der Waals surface area contributed by atoms with Crippen LogP contribution in [0, 0.1) is 0 Å². The molecule has 0 heterocycles. The smallest absolute Gasteiger partial charge is 0.100 e. The molecule has 0 amide bonds. The van der Waals surface area contributed by atoms with Crippen molar-refractivity contribution in [1.29, 1.82) is 0 Å². The molecule has 0 aromatic heterocycles. The summed E-state index contributed by atoms with van der Waals surface area (Å²) in [7, 11) is 0. The summed E-state index contributed by atoms with van der Waals surface area (Å²) in [5.74, 6) is 0. The maximum absolute atomic E-state index is 9.65. The molecular formula is C30H62O3. The normalized spacial score (nSPS) is 12.6. The molecular weight excluding hydrogens is 408 g/mol. The molecule has 0 aliphatic carbocycles. The maximum Gasteiger partial charge on any atom is 0.100 e. The molecule has 3 nitrogen and oxygen atoms in total. The number of unbranched alkanes of at least 4 members (excludes halogenated alkanes) is 20. The van der Waals surface area contributed by atoms with Crippen LogP contribution in [-0.2, 0) is 4.74 Å². The number of hydrogen-bond acceptors (Lipinski definition) is 3. The van der Waals surface area contributed by atoms with Gasteiger partial charge in [-0.1, -0.05) is 155 Å². The fraction of sp³-hybridized carbons (Fsp3) is 1.00. The maximum atomic E-state index is 9.65. The third-order valence-electron chi connectivity index (χ3n) is 6.99. The zero-order valence-corrected chi connectivity index (χ0v) is 22.8. The Morgan fingerprint density at radius 3 is 1.09 bits per heavy atom. The van der Waals surface area contributed by atoms with Crippen molar-refractivity contribution >= 4 is 0 Å². The summed E-state index contributed by atoms with van der Waals surface area (Å²) >= 11 is 0. The van der Waals surface area contributed by atoms with Crippen LogP contribution in [0.3, 0.4) is 0 Å². The summed E-state index contributed by atoms with van der Waals surface area (Å²) in [4.78, 5) is 0. The Morgan fingerprint density at radius 2 is 0.788 bits per heavy atom. The van der Waals surface area contributed by atoms with Crippen LogP contribution in [0.2, 0.25) is 0 Å². The standard InChI is InChI=1S/C30H62O3/c1-3-5-7-9-11-13-15-17-19-21-23-25-30(33-28-29(32)27-31)26-24-22-20-18-16-14-12-10-8-6-4-2/h29-32H,3-28H2,1-2H3. The second-order valence-electron chi connectivity index (χ2n) is 10.4. The van der Waals surface area contributed by atoms with Gasteiger partial charge in [-0.05, 0) is 12.8 Å². The number of aliphatic hydroxyl groups is 2. The van der Waals surface area contributed by atoms with Crippen LogP contribution >= 0.6 is 0 Å². The fourth-order valence-corrected chi connectivity index (χ4v) is 4.68. The summed E-state index contributed by atoms with van der Waals surface area (Å²) in [6.07, 6.45) is 31.8. The summed E-state index contributed by atoms with van der Waals surface area (Å²) in [6, 6.07) is 0. The quantitative estimate of drug-likeness (QED) is 0.112. The van der Waals surface area contributed by atoms with Crippen molar-refractivity contribution < 1.29 is 14.9 Å². The molecule has 200 valence electrons. The summed E-state index contributed by atoms with van der Waals surface area (Å²) < 4.78 is 5.97. The number of rotatable bonds is 28. The first kappa shape index (κ1) is 32.9. The monoisotopic (exact) mass is 470 g/mol. The van der Waals surface area contributed by atoms with E-state index in [1.807, 2.05) is 0 Å². The fourth-order valence-electron chi connectivity index (χ4n) is 4.68. The predicted octanol–water partition coefficient (Wildman–Crippen LogP) is 9.13.